The summed E-state index contributed by atoms with van der Waals surface area (Å²) in [4.78, 5) is 94.1. The topological polar surface area (TPSA) is 241 Å². The normalized spacial score (nSPS) is 17.4. The summed E-state index contributed by atoms with van der Waals surface area (Å²) in [5, 5.41) is 20.4. The van der Waals surface area contributed by atoms with Gasteiger partial charge in [0.15, 0.2) is 5.78 Å². The van der Waals surface area contributed by atoms with E-state index >= 15 is 0 Å². The van der Waals surface area contributed by atoms with Gasteiger partial charge in [0.2, 0.25) is 11.8 Å². The minimum atomic E-state index is -1.26. The quantitative estimate of drug-likeness (QED) is 0.0419. The number of hydrogen-bond acceptors (Lipinski definition) is 13. The summed E-state index contributed by atoms with van der Waals surface area (Å²) in [5.41, 5.74) is -1.14. The number of esters is 1. The Balaban J connectivity index is 1.81. The van der Waals surface area contributed by atoms with Crippen LogP contribution in [0.2, 0.25) is 0 Å². The zero-order chi connectivity index (χ0) is 49.6. The molecule has 0 radical (unpaired) electrons. The molecule has 1 heterocycles. The lowest BCUT2D eigenvalue weighted by Gasteiger charge is -2.40. The summed E-state index contributed by atoms with van der Waals surface area (Å²) in [7, 11) is 1.28. The summed E-state index contributed by atoms with van der Waals surface area (Å²) in [6, 6.07) is 14.2. The summed E-state index contributed by atoms with van der Waals surface area (Å²) >= 11 is 0. The number of alkyl carbamates (subject to hydrolysis) is 3. The second-order valence-electron chi connectivity index (χ2n) is 19.3. The van der Waals surface area contributed by atoms with E-state index in [1.165, 1.54) is 7.11 Å². The number of Topliss-reactive ketones (excluding diaryl/α,β-unsaturated/α-hetero) is 1. The maximum absolute atomic E-state index is 14.6. The molecule has 372 valence electrons. The minimum Gasteiger partial charge on any atom is -0.468 e. The van der Waals surface area contributed by atoms with Crippen molar-refractivity contribution in [3.05, 3.63) is 71.8 Å². The zero-order valence-electron chi connectivity index (χ0n) is 40.8. The summed E-state index contributed by atoms with van der Waals surface area (Å²) in [6.45, 7) is 15.4. The molecule has 3 rings (SSSR count). The molecule has 67 heavy (non-hydrogen) atoms. The lowest BCUT2D eigenvalue weighted by atomic mass is 9.81. The molecule has 2 aromatic rings. The van der Waals surface area contributed by atoms with E-state index < -0.39 is 77.0 Å². The molecule has 0 bridgehead atoms. The Morgan fingerprint density at radius 1 is 0.687 bits per heavy atom. The summed E-state index contributed by atoms with van der Waals surface area (Å²) in [5.74, 6) is -2.23. The van der Waals surface area contributed by atoms with Crippen LogP contribution >= 0.6 is 0 Å². The molecule has 0 aromatic heterocycles. The molecule has 1 saturated heterocycles. The highest BCUT2D eigenvalue weighted by Gasteiger charge is 2.46. The lowest BCUT2D eigenvalue weighted by molar-refractivity contribution is -0.151. The number of rotatable bonds is 24. The Bertz CT molecular complexity index is 1900. The van der Waals surface area contributed by atoms with E-state index in [9.17, 15) is 33.6 Å². The molecule has 5 amide bonds. The first-order chi connectivity index (χ1) is 31.6. The first kappa shape index (κ1) is 55.6. The van der Waals surface area contributed by atoms with Crippen molar-refractivity contribution in [1.29, 1.82) is 0 Å². The number of carbonyl (C=O) groups is 7. The zero-order valence-corrected chi connectivity index (χ0v) is 40.8. The predicted octanol–water partition coefficient (Wildman–Crippen LogP) is 4.97. The molecule has 0 spiro atoms. The number of benzene rings is 2. The third-order valence-electron chi connectivity index (χ3n) is 10.6. The van der Waals surface area contributed by atoms with Gasteiger partial charge in [-0.25, -0.2) is 14.4 Å². The molecule has 7 N–H and O–H groups in total. The number of piperidine rings is 1. The van der Waals surface area contributed by atoms with Crippen LogP contribution in [0.5, 0.6) is 0 Å². The van der Waals surface area contributed by atoms with Crippen molar-refractivity contribution in [1.82, 2.24) is 37.2 Å². The average Bonchev–Trinajstić information content (AvgIpc) is 3.26. The van der Waals surface area contributed by atoms with Gasteiger partial charge in [-0.3, -0.25) is 19.2 Å². The van der Waals surface area contributed by atoms with E-state index in [4.69, 9.17) is 18.9 Å². The molecule has 0 saturated carbocycles. The fourth-order valence-electron chi connectivity index (χ4n) is 7.44. The van der Waals surface area contributed by atoms with Gasteiger partial charge < -0.3 is 56.2 Å². The number of amides is 5. The second-order valence-corrected chi connectivity index (χ2v) is 19.3. The molecule has 5 atom stereocenters. The van der Waals surface area contributed by atoms with Crippen LogP contribution in [0.3, 0.4) is 0 Å². The van der Waals surface area contributed by atoms with E-state index in [1.807, 2.05) is 74.5 Å². The van der Waals surface area contributed by atoms with Crippen LogP contribution < -0.4 is 37.2 Å². The maximum atomic E-state index is 14.6. The highest BCUT2D eigenvalue weighted by Crippen LogP contribution is 2.26. The van der Waals surface area contributed by atoms with Crippen LogP contribution in [0.1, 0.15) is 111 Å². The van der Waals surface area contributed by atoms with Crippen molar-refractivity contribution in [2.45, 2.75) is 154 Å². The smallest absolute Gasteiger partial charge is 0.408 e. The molecule has 1 aliphatic rings. The molecular formula is C49H75N7O11. The molecule has 2 unspecified atom stereocenters. The van der Waals surface area contributed by atoms with Crippen LogP contribution in [-0.2, 0) is 51.2 Å². The standard InChI is InChI=1S/C49H75N7O11/c1-33(2)29-37(55-42(59)38(30-34-19-12-10-13-20-34)56-46(63)67-48(6,7)8)41(58)54-36(23-16-17-25-51-44(61)65-32-35-21-14-11-15-22-35)40(57)39-31-49(24-28-50-39,43(60)64-9)53-27-18-26-52-45(62)66-47(3,4)5/h10-15,19-22,33,36-39,50,53H,16-18,23-32H2,1-9H3,(H,51,61)(H,52,62)(H,54,58)(H,55,59)(H,56,63)/t36-,37-,38-,39?,49?/m1/s1. The van der Waals surface area contributed by atoms with Gasteiger partial charge in [-0.15, -0.1) is 0 Å². The van der Waals surface area contributed by atoms with Gasteiger partial charge in [0.1, 0.15) is 35.4 Å². The molecule has 0 aliphatic carbocycles. The van der Waals surface area contributed by atoms with E-state index in [2.05, 4.69) is 37.2 Å². The van der Waals surface area contributed by atoms with Crippen molar-refractivity contribution in [2.24, 2.45) is 5.92 Å². The summed E-state index contributed by atoms with van der Waals surface area (Å²) in [6.07, 6.45) is 0.110. The SMILES string of the molecule is COC(=O)C1(NCCCNC(=O)OC(C)(C)C)CCNC(C(=O)[C@@H](CCCCNC(=O)OCc2ccccc2)NC(=O)[C@@H](CC(C)C)NC(=O)[C@@H](Cc2ccccc2)NC(=O)OC(C)(C)C)C1. The number of carbonyl (C=O) groups excluding carboxylic acids is 7. The van der Waals surface area contributed by atoms with Crippen molar-refractivity contribution in [3.63, 3.8) is 0 Å². The van der Waals surface area contributed by atoms with Crippen molar-refractivity contribution >= 4 is 41.8 Å². The molecule has 1 aliphatic heterocycles. The predicted molar refractivity (Wildman–Crippen MR) is 253 cm³/mol. The van der Waals surface area contributed by atoms with Gasteiger partial charge in [-0.05, 0) is 117 Å². The number of hydrogen-bond donors (Lipinski definition) is 7. The molecule has 18 heteroatoms. The van der Waals surface area contributed by atoms with E-state index in [1.54, 1.807) is 41.5 Å². The Morgan fingerprint density at radius 2 is 1.25 bits per heavy atom. The molecule has 18 nitrogen and oxygen atoms in total. The van der Waals surface area contributed by atoms with Gasteiger partial charge in [-0.1, -0.05) is 74.5 Å². The fourth-order valence-corrected chi connectivity index (χ4v) is 7.44. The lowest BCUT2D eigenvalue weighted by Crippen LogP contribution is -2.64. The first-order valence-corrected chi connectivity index (χ1v) is 23.3. The monoisotopic (exact) mass is 938 g/mol. The van der Waals surface area contributed by atoms with Crippen LogP contribution in [0, 0.1) is 5.92 Å². The van der Waals surface area contributed by atoms with Crippen LogP contribution in [-0.4, -0.2) is 116 Å². The summed E-state index contributed by atoms with van der Waals surface area (Å²) < 4.78 is 21.3. The Morgan fingerprint density at radius 3 is 1.87 bits per heavy atom. The van der Waals surface area contributed by atoms with Gasteiger partial charge in [-0.2, -0.15) is 0 Å². The van der Waals surface area contributed by atoms with Crippen LogP contribution in [0.4, 0.5) is 14.4 Å². The number of ketones is 1. The van der Waals surface area contributed by atoms with Gasteiger partial charge >= 0.3 is 24.2 Å². The fraction of sp³-hybridized carbons (Fsp3) is 0.612. The highest BCUT2D eigenvalue weighted by atomic mass is 16.6. The van der Waals surface area contributed by atoms with E-state index in [-0.39, 0.29) is 63.6 Å². The number of nitrogens with one attached hydrogen (secondary N) is 7. The molecule has 2 aromatic carbocycles. The van der Waals surface area contributed by atoms with Crippen LogP contribution in [0.15, 0.2) is 60.7 Å². The number of ether oxygens (including phenoxy) is 4. The van der Waals surface area contributed by atoms with E-state index in [0.717, 1.165) is 11.1 Å². The number of methoxy groups -OCH3 is 1. The first-order valence-electron chi connectivity index (χ1n) is 23.3. The second kappa shape index (κ2) is 27.2. The van der Waals surface area contributed by atoms with Gasteiger partial charge in [0, 0.05) is 19.5 Å². The highest BCUT2D eigenvalue weighted by molar-refractivity contribution is 5.96. The Labute approximate surface area is 395 Å². The maximum Gasteiger partial charge on any atom is 0.408 e. The van der Waals surface area contributed by atoms with Gasteiger partial charge in [0.25, 0.3) is 0 Å². The van der Waals surface area contributed by atoms with Crippen molar-refractivity contribution < 1.29 is 52.5 Å². The van der Waals surface area contributed by atoms with Gasteiger partial charge in [0.05, 0.1) is 19.2 Å². The van der Waals surface area contributed by atoms with E-state index in [0.29, 0.717) is 32.2 Å². The average molecular weight is 938 g/mol. The minimum absolute atomic E-state index is 0.00282. The third kappa shape index (κ3) is 21.2. The van der Waals surface area contributed by atoms with Crippen molar-refractivity contribution in [2.75, 3.05) is 33.3 Å². The van der Waals surface area contributed by atoms with Crippen molar-refractivity contribution in [3.8, 4) is 0 Å². The molecular weight excluding hydrogens is 863 g/mol. The Kier molecular flexibility index (Phi) is 22.5. The Hall–Kier alpha value is -5.75. The molecule has 1 fully saturated rings. The largest absolute Gasteiger partial charge is 0.468 e. The number of unbranched alkanes of at least 4 members (excludes halogenated alkanes) is 1. The van der Waals surface area contributed by atoms with Crippen LogP contribution in [0.25, 0.3) is 0 Å². The third-order valence-corrected chi connectivity index (χ3v) is 10.6.